The lowest BCUT2D eigenvalue weighted by Gasteiger charge is -2.16. The Morgan fingerprint density at radius 2 is 1.72 bits per heavy atom. The molecule has 2 aliphatic heterocycles. The third-order valence-corrected chi connectivity index (χ3v) is 7.41. The first kappa shape index (κ1) is 20.7. The van der Waals surface area contributed by atoms with Gasteiger partial charge in [-0.15, -0.1) is 10.2 Å². The first-order valence-electron chi connectivity index (χ1n) is 11.0. The van der Waals surface area contributed by atoms with Gasteiger partial charge in [-0.1, -0.05) is 18.6 Å². The molecule has 9 heteroatoms. The number of benzene rings is 2. The maximum absolute atomic E-state index is 12.9. The average Bonchev–Trinajstić information content (AvgIpc) is 3.33. The van der Waals surface area contributed by atoms with Crippen molar-refractivity contribution < 1.29 is 13.2 Å². The minimum atomic E-state index is -3.77. The molecule has 0 unspecified atom stereocenters. The van der Waals surface area contributed by atoms with Crippen LogP contribution in [0.15, 0.2) is 53.4 Å². The second-order valence-corrected chi connectivity index (χ2v) is 9.91. The van der Waals surface area contributed by atoms with Gasteiger partial charge < -0.3 is 9.47 Å². The van der Waals surface area contributed by atoms with Crippen LogP contribution in [-0.2, 0) is 27.8 Å². The Morgan fingerprint density at radius 3 is 2.50 bits per heavy atom. The van der Waals surface area contributed by atoms with Crippen LogP contribution < -0.4 is 9.62 Å². The van der Waals surface area contributed by atoms with Crippen LogP contribution in [-0.4, -0.2) is 35.6 Å². The van der Waals surface area contributed by atoms with Gasteiger partial charge in [-0.05, 0) is 55.7 Å². The van der Waals surface area contributed by atoms with E-state index in [1.807, 2.05) is 12.1 Å². The minimum Gasteiger partial charge on any atom is -0.312 e. The summed E-state index contributed by atoms with van der Waals surface area (Å²) in [6, 6.07) is 13.7. The maximum Gasteiger partial charge on any atom is 0.261 e. The van der Waals surface area contributed by atoms with E-state index in [-0.39, 0.29) is 10.8 Å². The van der Waals surface area contributed by atoms with Gasteiger partial charge in [-0.25, -0.2) is 8.42 Å². The van der Waals surface area contributed by atoms with Crippen molar-refractivity contribution in [1.82, 2.24) is 14.8 Å². The summed E-state index contributed by atoms with van der Waals surface area (Å²) in [5, 5.41) is 8.70. The van der Waals surface area contributed by atoms with Gasteiger partial charge in [0, 0.05) is 42.9 Å². The average molecular weight is 452 g/mol. The second kappa shape index (κ2) is 8.38. The number of nitrogens with zero attached hydrogens (tertiary/aromatic N) is 4. The predicted octanol–water partition coefficient (Wildman–Crippen LogP) is 3.60. The zero-order valence-electron chi connectivity index (χ0n) is 17.7. The number of carbonyl (C=O) groups is 1. The molecule has 0 spiro atoms. The quantitative estimate of drug-likeness (QED) is 0.639. The molecule has 0 bridgehead atoms. The van der Waals surface area contributed by atoms with Crippen molar-refractivity contribution in [3.05, 3.63) is 54.4 Å². The number of sulfonamides is 1. The maximum atomic E-state index is 12.9. The van der Waals surface area contributed by atoms with E-state index in [1.54, 1.807) is 29.2 Å². The molecule has 2 aliphatic rings. The number of aryl methyl sites for hydroxylation is 1. The van der Waals surface area contributed by atoms with E-state index < -0.39 is 10.0 Å². The Morgan fingerprint density at radius 1 is 0.875 bits per heavy atom. The number of nitrogens with one attached hydrogen (secondary N) is 1. The molecule has 3 heterocycles. The van der Waals surface area contributed by atoms with E-state index in [2.05, 4.69) is 19.5 Å². The first-order valence-corrected chi connectivity index (χ1v) is 12.5. The SMILES string of the molecule is O=C1CCCN1c1ccc(S(=O)(=O)Nc2cccc(-c3nnc4n3CCCCC4)c2)cc1. The van der Waals surface area contributed by atoms with Crippen LogP contribution in [0, 0.1) is 0 Å². The van der Waals surface area contributed by atoms with E-state index in [9.17, 15) is 13.2 Å². The van der Waals surface area contributed by atoms with Crippen molar-refractivity contribution in [2.24, 2.45) is 0 Å². The van der Waals surface area contributed by atoms with Gasteiger partial charge in [-0.2, -0.15) is 0 Å². The van der Waals surface area contributed by atoms with Gasteiger partial charge in [0.1, 0.15) is 5.82 Å². The number of amides is 1. The fourth-order valence-electron chi connectivity index (χ4n) is 4.36. The van der Waals surface area contributed by atoms with Crippen LogP contribution in [0.3, 0.4) is 0 Å². The van der Waals surface area contributed by atoms with Crippen molar-refractivity contribution in [2.75, 3.05) is 16.2 Å². The number of carbonyl (C=O) groups excluding carboxylic acids is 1. The molecule has 2 aromatic carbocycles. The number of rotatable bonds is 5. The van der Waals surface area contributed by atoms with Gasteiger partial charge in [0.05, 0.1) is 4.90 Å². The predicted molar refractivity (Wildman–Crippen MR) is 122 cm³/mol. The molecule has 32 heavy (non-hydrogen) atoms. The monoisotopic (exact) mass is 451 g/mol. The highest BCUT2D eigenvalue weighted by molar-refractivity contribution is 7.92. The number of fused-ring (bicyclic) bond motifs is 1. The topological polar surface area (TPSA) is 97.2 Å². The van der Waals surface area contributed by atoms with Crippen LogP contribution >= 0.6 is 0 Å². The van der Waals surface area contributed by atoms with Gasteiger partial charge in [0.2, 0.25) is 5.91 Å². The first-order chi connectivity index (χ1) is 15.5. The lowest BCUT2D eigenvalue weighted by atomic mass is 10.2. The summed E-state index contributed by atoms with van der Waals surface area (Å²) in [6.07, 6.45) is 5.65. The van der Waals surface area contributed by atoms with Crippen LogP contribution in [0.5, 0.6) is 0 Å². The highest BCUT2D eigenvalue weighted by atomic mass is 32.2. The van der Waals surface area contributed by atoms with Crippen molar-refractivity contribution in [3.63, 3.8) is 0 Å². The Labute approximate surface area is 187 Å². The lowest BCUT2D eigenvalue weighted by molar-refractivity contribution is -0.117. The standard InChI is InChI=1S/C23H25N5O3S/c29-22-9-5-15-27(22)19-10-12-20(13-11-19)32(30,31)26-18-7-4-6-17(16-18)23-25-24-21-8-2-1-3-14-28(21)23/h4,6-7,10-13,16,26H,1-3,5,8-9,14-15H2. The Bertz CT molecular complexity index is 1250. The molecular formula is C23H25N5O3S. The molecular weight excluding hydrogens is 426 g/mol. The van der Waals surface area contributed by atoms with E-state index in [4.69, 9.17) is 0 Å². The Kier molecular flexibility index (Phi) is 5.42. The molecule has 0 atom stereocenters. The number of hydrogen-bond acceptors (Lipinski definition) is 5. The van der Waals surface area contributed by atoms with Crippen molar-refractivity contribution >= 4 is 27.3 Å². The Balaban J connectivity index is 1.37. The minimum absolute atomic E-state index is 0.0712. The van der Waals surface area contributed by atoms with Gasteiger partial charge in [-0.3, -0.25) is 9.52 Å². The zero-order chi connectivity index (χ0) is 22.1. The van der Waals surface area contributed by atoms with E-state index in [0.717, 1.165) is 55.1 Å². The zero-order valence-corrected chi connectivity index (χ0v) is 18.5. The Hall–Kier alpha value is -3.20. The van der Waals surface area contributed by atoms with E-state index in [1.165, 1.54) is 18.6 Å². The molecule has 166 valence electrons. The molecule has 1 aromatic heterocycles. The molecule has 0 saturated carbocycles. The highest BCUT2D eigenvalue weighted by Gasteiger charge is 2.23. The number of anilines is 2. The number of aromatic nitrogens is 3. The van der Waals surface area contributed by atoms with Gasteiger partial charge in [0.25, 0.3) is 10.0 Å². The molecule has 1 saturated heterocycles. The summed E-state index contributed by atoms with van der Waals surface area (Å²) in [5.74, 6) is 1.82. The molecule has 5 rings (SSSR count). The van der Waals surface area contributed by atoms with Crippen molar-refractivity contribution in [3.8, 4) is 11.4 Å². The normalized spacial score (nSPS) is 16.6. The lowest BCUT2D eigenvalue weighted by Crippen LogP contribution is -2.23. The highest BCUT2D eigenvalue weighted by Crippen LogP contribution is 2.27. The smallest absolute Gasteiger partial charge is 0.261 e. The third kappa shape index (κ3) is 4.00. The molecule has 1 fully saturated rings. The largest absolute Gasteiger partial charge is 0.312 e. The van der Waals surface area contributed by atoms with E-state index >= 15 is 0 Å². The van der Waals surface area contributed by atoms with Crippen LogP contribution in [0.4, 0.5) is 11.4 Å². The summed E-state index contributed by atoms with van der Waals surface area (Å²) in [5.41, 5.74) is 2.02. The van der Waals surface area contributed by atoms with Crippen LogP contribution in [0.2, 0.25) is 0 Å². The molecule has 0 aliphatic carbocycles. The van der Waals surface area contributed by atoms with Crippen LogP contribution in [0.25, 0.3) is 11.4 Å². The summed E-state index contributed by atoms with van der Waals surface area (Å²) in [7, 11) is -3.77. The van der Waals surface area contributed by atoms with E-state index in [0.29, 0.717) is 18.7 Å². The molecule has 1 amide bonds. The fraction of sp³-hybridized carbons (Fsp3) is 0.348. The van der Waals surface area contributed by atoms with Gasteiger partial charge >= 0.3 is 0 Å². The third-order valence-electron chi connectivity index (χ3n) is 6.01. The van der Waals surface area contributed by atoms with Crippen molar-refractivity contribution in [1.29, 1.82) is 0 Å². The molecule has 3 aromatic rings. The fourth-order valence-corrected chi connectivity index (χ4v) is 5.41. The summed E-state index contributed by atoms with van der Waals surface area (Å²) >= 11 is 0. The molecule has 8 nitrogen and oxygen atoms in total. The molecule has 1 N–H and O–H groups in total. The second-order valence-electron chi connectivity index (χ2n) is 8.23. The summed E-state index contributed by atoms with van der Waals surface area (Å²) in [6.45, 7) is 1.54. The van der Waals surface area contributed by atoms with Crippen LogP contribution in [0.1, 0.15) is 37.9 Å². The molecule has 0 radical (unpaired) electrons. The van der Waals surface area contributed by atoms with Crippen molar-refractivity contribution in [2.45, 2.75) is 50.0 Å². The number of hydrogen-bond donors (Lipinski definition) is 1. The summed E-state index contributed by atoms with van der Waals surface area (Å²) in [4.78, 5) is 13.8. The summed E-state index contributed by atoms with van der Waals surface area (Å²) < 4.78 is 30.7. The van der Waals surface area contributed by atoms with Gasteiger partial charge in [0.15, 0.2) is 5.82 Å².